The highest BCUT2D eigenvalue weighted by atomic mass is 32.2. The number of nitrogens with one attached hydrogen (secondary N) is 4. The average molecular weight is 615 g/mol. The number of H-pyrrole nitrogens is 2. The van der Waals surface area contributed by atoms with Crippen LogP contribution >= 0.6 is 0 Å². The van der Waals surface area contributed by atoms with E-state index in [0.717, 1.165) is 39.3 Å². The second kappa shape index (κ2) is 11.8. The van der Waals surface area contributed by atoms with Crippen molar-refractivity contribution in [1.29, 1.82) is 0 Å². The normalized spacial score (nSPS) is 12.8. The maximum Gasteiger partial charge on any atom is 0.209 e. The van der Waals surface area contributed by atoms with Gasteiger partial charge in [0.1, 0.15) is 17.7 Å². The number of aromatic amines is 2. The molecule has 0 spiro atoms. The van der Waals surface area contributed by atoms with E-state index in [0.29, 0.717) is 46.1 Å². The van der Waals surface area contributed by atoms with E-state index >= 15 is 0 Å². The van der Waals surface area contributed by atoms with Gasteiger partial charge in [0.25, 0.3) is 0 Å². The third-order valence-electron chi connectivity index (χ3n) is 7.12. The molecule has 0 aliphatic rings. The van der Waals surface area contributed by atoms with Gasteiger partial charge in [-0.05, 0) is 59.9 Å². The standard InChI is InChI=1S/C31H31FN8O3S/c1-17(2)4-30(41)37-22-8-20(12-33-13-22)26-10-24-29(16-35-26)39-40-31(24)27-9-23-25(14-34-15-28(23)38-27)19-5-18(6-21(32)7-19)11-36-44(3,42)43/h5-10,12-17,30,36-38,41H,4,11H2,1-3H3,(H,39,40). The van der Waals surface area contributed by atoms with Gasteiger partial charge in [-0.25, -0.2) is 17.5 Å². The predicted octanol–water partition coefficient (Wildman–Crippen LogP) is 5.19. The third kappa shape index (κ3) is 6.44. The number of fused-ring (bicyclic) bond motifs is 2. The van der Waals surface area contributed by atoms with Crippen LogP contribution in [0.15, 0.2) is 67.4 Å². The van der Waals surface area contributed by atoms with E-state index in [1.807, 2.05) is 32.0 Å². The van der Waals surface area contributed by atoms with Gasteiger partial charge in [-0.3, -0.25) is 20.1 Å². The predicted molar refractivity (Wildman–Crippen MR) is 168 cm³/mol. The van der Waals surface area contributed by atoms with Gasteiger partial charge in [0, 0.05) is 40.8 Å². The van der Waals surface area contributed by atoms with Crippen LogP contribution in [0, 0.1) is 11.7 Å². The molecule has 0 amide bonds. The zero-order chi connectivity index (χ0) is 31.0. The number of pyridine rings is 3. The van der Waals surface area contributed by atoms with E-state index in [4.69, 9.17) is 0 Å². The third-order valence-corrected chi connectivity index (χ3v) is 7.79. The number of benzene rings is 1. The lowest BCUT2D eigenvalue weighted by Gasteiger charge is -2.16. The van der Waals surface area contributed by atoms with Gasteiger partial charge in [-0.15, -0.1) is 0 Å². The Hall–Kier alpha value is -4.72. The van der Waals surface area contributed by atoms with Gasteiger partial charge >= 0.3 is 0 Å². The number of halogens is 1. The Morgan fingerprint density at radius 1 is 0.932 bits per heavy atom. The van der Waals surface area contributed by atoms with Crippen LogP contribution in [0.1, 0.15) is 25.8 Å². The summed E-state index contributed by atoms with van der Waals surface area (Å²) in [6, 6.07) is 10.2. The zero-order valence-electron chi connectivity index (χ0n) is 24.3. The molecule has 0 radical (unpaired) electrons. The molecule has 1 unspecified atom stereocenters. The summed E-state index contributed by atoms with van der Waals surface area (Å²) >= 11 is 0. The molecular weight excluding hydrogens is 583 g/mol. The minimum atomic E-state index is -3.44. The van der Waals surface area contributed by atoms with E-state index in [2.05, 4.69) is 40.2 Å². The molecule has 0 aliphatic carbocycles. The van der Waals surface area contributed by atoms with Gasteiger partial charge in [-0.2, -0.15) is 5.10 Å². The summed E-state index contributed by atoms with van der Waals surface area (Å²) in [6.07, 6.45) is 9.41. The molecule has 44 heavy (non-hydrogen) atoms. The summed E-state index contributed by atoms with van der Waals surface area (Å²) in [6.45, 7) is 4.06. The van der Waals surface area contributed by atoms with Gasteiger partial charge in [0.15, 0.2) is 0 Å². The molecule has 6 aromatic rings. The molecule has 0 saturated heterocycles. The minimum Gasteiger partial charge on any atom is -0.374 e. The van der Waals surface area contributed by atoms with E-state index in [1.165, 1.54) is 12.1 Å². The van der Waals surface area contributed by atoms with Crippen LogP contribution in [0.2, 0.25) is 0 Å². The lowest BCUT2D eigenvalue weighted by molar-refractivity contribution is 0.176. The molecule has 5 heterocycles. The Kier molecular flexibility index (Phi) is 7.84. The molecule has 0 bridgehead atoms. The summed E-state index contributed by atoms with van der Waals surface area (Å²) in [5.41, 5.74) is 6.73. The summed E-state index contributed by atoms with van der Waals surface area (Å²) in [7, 11) is -3.44. The van der Waals surface area contributed by atoms with Crippen molar-refractivity contribution in [3.63, 3.8) is 0 Å². The van der Waals surface area contributed by atoms with Crippen LogP contribution in [0.4, 0.5) is 10.1 Å². The van der Waals surface area contributed by atoms with Crippen LogP contribution < -0.4 is 10.0 Å². The molecule has 1 atom stereocenters. The van der Waals surface area contributed by atoms with Gasteiger partial charge in [0.2, 0.25) is 10.0 Å². The summed E-state index contributed by atoms with van der Waals surface area (Å²) in [4.78, 5) is 16.7. The number of aliphatic hydroxyl groups excluding tert-OH is 1. The van der Waals surface area contributed by atoms with Crippen molar-refractivity contribution in [2.24, 2.45) is 5.92 Å². The lowest BCUT2D eigenvalue weighted by Crippen LogP contribution is -2.21. The van der Waals surface area contributed by atoms with Crippen LogP contribution in [-0.4, -0.2) is 56.1 Å². The number of nitrogens with zero attached hydrogens (tertiary/aromatic N) is 4. The molecule has 0 fully saturated rings. The van der Waals surface area contributed by atoms with Gasteiger partial charge in [0.05, 0.1) is 53.0 Å². The molecule has 1 aromatic carbocycles. The molecule has 13 heteroatoms. The fourth-order valence-corrected chi connectivity index (χ4v) is 5.60. The molecule has 11 nitrogen and oxygen atoms in total. The smallest absolute Gasteiger partial charge is 0.209 e. The Bertz CT molecular complexity index is 2090. The van der Waals surface area contributed by atoms with Crippen molar-refractivity contribution in [2.45, 2.75) is 33.0 Å². The molecular formula is C31H31FN8O3S. The van der Waals surface area contributed by atoms with Crippen molar-refractivity contribution in [3.8, 4) is 33.8 Å². The molecule has 226 valence electrons. The van der Waals surface area contributed by atoms with Crippen LogP contribution in [0.3, 0.4) is 0 Å². The first kappa shape index (κ1) is 29.4. The van der Waals surface area contributed by atoms with Gasteiger partial charge in [-0.1, -0.05) is 13.8 Å². The maximum absolute atomic E-state index is 14.6. The summed E-state index contributed by atoms with van der Waals surface area (Å²) in [5, 5.41) is 22.6. The zero-order valence-corrected chi connectivity index (χ0v) is 25.1. The van der Waals surface area contributed by atoms with Crippen LogP contribution in [0.5, 0.6) is 0 Å². The molecule has 5 N–H and O–H groups in total. The fourth-order valence-electron chi connectivity index (χ4n) is 5.17. The Morgan fingerprint density at radius 3 is 2.55 bits per heavy atom. The fraction of sp³-hybridized carbons (Fsp3) is 0.226. The topological polar surface area (TPSA) is 162 Å². The van der Waals surface area contributed by atoms with Gasteiger partial charge < -0.3 is 15.4 Å². The van der Waals surface area contributed by atoms with Crippen LogP contribution in [-0.2, 0) is 16.6 Å². The minimum absolute atomic E-state index is 0.0337. The van der Waals surface area contributed by atoms with E-state index < -0.39 is 22.1 Å². The maximum atomic E-state index is 14.6. The van der Waals surface area contributed by atoms with Crippen molar-refractivity contribution in [2.75, 3.05) is 11.6 Å². The Morgan fingerprint density at radius 2 is 1.75 bits per heavy atom. The Balaban J connectivity index is 1.35. The first-order valence-corrected chi connectivity index (χ1v) is 15.9. The van der Waals surface area contributed by atoms with E-state index in [9.17, 15) is 17.9 Å². The first-order valence-electron chi connectivity index (χ1n) is 14.0. The number of rotatable bonds is 10. The highest BCUT2D eigenvalue weighted by Gasteiger charge is 2.17. The SMILES string of the molecule is CC(C)CC(O)Nc1cncc(-c2cc3c(-c4cc5c(-c6cc(F)cc(CNS(C)(=O)=O)c6)cncc5[nH]4)n[nH]c3cn2)c1. The highest BCUT2D eigenvalue weighted by Crippen LogP contribution is 2.35. The number of sulfonamides is 1. The number of aliphatic hydroxyl groups is 1. The van der Waals surface area contributed by atoms with Crippen molar-refractivity contribution in [1.82, 2.24) is 34.9 Å². The molecule has 5 aromatic heterocycles. The number of anilines is 1. The van der Waals surface area contributed by atoms with Crippen molar-refractivity contribution < 1.29 is 17.9 Å². The number of hydrogen-bond donors (Lipinski definition) is 5. The highest BCUT2D eigenvalue weighted by molar-refractivity contribution is 7.88. The average Bonchev–Trinajstić information content (AvgIpc) is 3.59. The van der Waals surface area contributed by atoms with Crippen molar-refractivity contribution in [3.05, 3.63) is 78.8 Å². The van der Waals surface area contributed by atoms with Crippen molar-refractivity contribution >= 4 is 37.5 Å². The quantitative estimate of drug-likeness (QED) is 0.132. The molecule has 0 aliphatic heterocycles. The second-order valence-corrected chi connectivity index (χ2v) is 13.0. The van der Waals surface area contributed by atoms with E-state index in [-0.39, 0.29) is 6.54 Å². The lowest BCUT2D eigenvalue weighted by atomic mass is 10.0. The second-order valence-electron chi connectivity index (χ2n) is 11.2. The summed E-state index contributed by atoms with van der Waals surface area (Å²) < 4.78 is 40.1. The number of aromatic nitrogens is 6. The monoisotopic (exact) mass is 614 g/mol. The number of hydrogen-bond acceptors (Lipinski definition) is 8. The molecule has 0 saturated carbocycles. The van der Waals surface area contributed by atoms with E-state index in [1.54, 1.807) is 37.1 Å². The molecule has 6 rings (SSSR count). The first-order chi connectivity index (χ1) is 21.0. The Labute approximate surface area is 253 Å². The largest absolute Gasteiger partial charge is 0.374 e. The van der Waals surface area contributed by atoms with Crippen LogP contribution in [0.25, 0.3) is 55.6 Å². The summed E-state index contributed by atoms with van der Waals surface area (Å²) in [5.74, 6) is -0.147.